The van der Waals surface area contributed by atoms with E-state index < -0.39 is 24.3 Å². The molecule has 0 aliphatic heterocycles. The second-order valence-corrected chi connectivity index (χ2v) is 9.57. The zero-order chi connectivity index (χ0) is 30.3. The van der Waals surface area contributed by atoms with Crippen LogP contribution in [-0.4, -0.2) is 67.3 Å². The zero-order valence-electron chi connectivity index (χ0n) is 21.7. The number of carbonyl (C=O) groups excluding carboxylic acids is 1. The lowest BCUT2D eigenvalue weighted by molar-refractivity contribution is -0.193. The molecular formula is C24H30F6N4O6. The summed E-state index contributed by atoms with van der Waals surface area (Å²) < 4.78 is 71.2. The van der Waals surface area contributed by atoms with Crippen LogP contribution in [0.4, 0.5) is 26.3 Å². The lowest BCUT2D eigenvalue weighted by Crippen LogP contribution is -2.36. The first kappa shape index (κ1) is 32.6. The van der Waals surface area contributed by atoms with Gasteiger partial charge in [-0.1, -0.05) is 26.2 Å². The number of aliphatic carboxylic acids is 2. The molecule has 0 aromatic carbocycles. The third-order valence-electron chi connectivity index (χ3n) is 6.24. The Morgan fingerprint density at radius 1 is 0.950 bits per heavy atom. The van der Waals surface area contributed by atoms with Crippen LogP contribution in [0.5, 0.6) is 5.88 Å². The number of hydrogen-bond donors (Lipinski definition) is 3. The first-order chi connectivity index (χ1) is 18.5. The first-order valence-corrected chi connectivity index (χ1v) is 12.4. The van der Waals surface area contributed by atoms with E-state index in [9.17, 15) is 31.1 Å². The van der Waals surface area contributed by atoms with E-state index in [0.717, 1.165) is 37.0 Å². The number of alkyl halides is 6. The first-order valence-electron chi connectivity index (χ1n) is 12.4. The summed E-state index contributed by atoms with van der Waals surface area (Å²) in [5.74, 6) is -4.27. The number of aromatic nitrogens is 3. The molecule has 0 saturated heterocycles. The minimum Gasteiger partial charge on any atom is -0.475 e. The molecule has 2 heterocycles. The van der Waals surface area contributed by atoms with Crippen molar-refractivity contribution in [2.24, 2.45) is 13.0 Å². The maximum Gasteiger partial charge on any atom is 0.490 e. The molecule has 2 aromatic rings. The van der Waals surface area contributed by atoms with Crippen LogP contribution in [0.3, 0.4) is 0 Å². The van der Waals surface area contributed by atoms with Gasteiger partial charge in [-0.25, -0.2) is 14.3 Å². The van der Waals surface area contributed by atoms with E-state index in [1.807, 2.05) is 19.2 Å². The highest BCUT2D eigenvalue weighted by atomic mass is 19.4. The lowest BCUT2D eigenvalue weighted by atomic mass is 9.95. The molecule has 0 radical (unpaired) electrons. The monoisotopic (exact) mass is 584 g/mol. The van der Waals surface area contributed by atoms with Gasteiger partial charge in [0.1, 0.15) is 6.10 Å². The SMILES string of the molecule is CC1CCC(Oc2ccc3c(C(=O)NC4CCCCC4)nn(C)c3n2)C1.O=C(O)C(F)(F)F.O=C(O)C(F)(F)F. The van der Waals surface area contributed by atoms with Crippen molar-refractivity contribution in [3.05, 3.63) is 17.8 Å². The second-order valence-electron chi connectivity index (χ2n) is 9.57. The fourth-order valence-electron chi connectivity index (χ4n) is 4.28. The smallest absolute Gasteiger partial charge is 0.475 e. The summed E-state index contributed by atoms with van der Waals surface area (Å²) in [6, 6.07) is 4.05. The van der Waals surface area contributed by atoms with E-state index in [1.54, 1.807) is 4.68 Å². The molecule has 0 bridgehead atoms. The molecule has 2 aliphatic carbocycles. The highest BCUT2D eigenvalue weighted by Gasteiger charge is 2.39. The van der Waals surface area contributed by atoms with Crippen LogP contribution in [-0.2, 0) is 16.6 Å². The predicted molar refractivity (Wildman–Crippen MR) is 128 cm³/mol. The van der Waals surface area contributed by atoms with Crippen LogP contribution in [0.25, 0.3) is 11.0 Å². The van der Waals surface area contributed by atoms with Gasteiger partial charge in [-0.15, -0.1) is 0 Å². The van der Waals surface area contributed by atoms with Gasteiger partial charge in [-0.05, 0) is 44.1 Å². The van der Waals surface area contributed by atoms with E-state index in [0.29, 0.717) is 17.2 Å². The number of aryl methyl sites for hydroxylation is 1. The van der Waals surface area contributed by atoms with E-state index in [2.05, 4.69) is 22.3 Å². The van der Waals surface area contributed by atoms with Crippen molar-refractivity contribution in [2.45, 2.75) is 82.8 Å². The number of amides is 1. The van der Waals surface area contributed by atoms with Crippen LogP contribution < -0.4 is 10.1 Å². The summed E-state index contributed by atoms with van der Waals surface area (Å²) in [6.07, 6.45) is -0.765. The highest BCUT2D eigenvalue weighted by molar-refractivity contribution is 6.04. The Labute approximate surface area is 224 Å². The third-order valence-corrected chi connectivity index (χ3v) is 6.24. The predicted octanol–water partition coefficient (Wildman–Crippen LogP) is 4.86. The second kappa shape index (κ2) is 13.7. The molecule has 2 aliphatic rings. The molecule has 2 fully saturated rings. The van der Waals surface area contributed by atoms with E-state index in [1.165, 1.54) is 25.7 Å². The fraction of sp³-hybridized carbons (Fsp3) is 0.625. The van der Waals surface area contributed by atoms with Crippen LogP contribution in [0.1, 0.15) is 68.8 Å². The van der Waals surface area contributed by atoms with Crippen molar-refractivity contribution in [1.29, 1.82) is 0 Å². The van der Waals surface area contributed by atoms with Gasteiger partial charge in [0.25, 0.3) is 5.91 Å². The fourth-order valence-corrected chi connectivity index (χ4v) is 4.28. The minimum absolute atomic E-state index is 0.0948. The average molecular weight is 585 g/mol. The Morgan fingerprint density at radius 3 is 1.98 bits per heavy atom. The molecule has 2 saturated carbocycles. The van der Waals surface area contributed by atoms with Gasteiger partial charge in [-0.2, -0.15) is 36.4 Å². The number of carbonyl (C=O) groups is 3. The molecule has 0 spiro atoms. The lowest BCUT2D eigenvalue weighted by Gasteiger charge is -2.22. The van der Waals surface area contributed by atoms with Crippen molar-refractivity contribution in [2.75, 3.05) is 0 Å². The minimum atomic E-state index is -5.08. The summed E-state index contributed by atoms with van der Waals surface area (Å²) in [5.41, 5.74) is 1.16. The van der Waals surface area contributed by atoms with E-state index in [-0.39, 0.29) is 18.1 Å². The standard InChI is InChI=1S/C20H28N4O2.2C2HF3O2/c1-13-8-9-15(12-13)26-17-11-10-16-18(23-24(2)19(16)22-17)20(25)21-14-6-4-3-5-7-14;2*3-2(4,5)1(6)7/h10-11,13-15H,3-9,12H2,1-2H3,(H,21,25);2*(H,6,7). The summed E-state index contributed by atoms with van der Waals surface area (Å²) >= 11 is 0. The van der Waals surface area contributed by atoms with Crippen molar-refractivity contribution >= 4 is 28.9 Å². The molecule has 2 unspecified atom stereocenters. The van der Waals surface area contributed by atoms with Gasteiger partial charge in [0.05, 0.1) is 5.39 Å². The molecule has 40 heavy (non-hydrogen) atoms. The van der Waals surface area contributed by atoms with Crippen LogP contribution in [0.2, 0.25) is 0 Å². The number of ether oxygens (including phenoxy) is 1. The molecule has 224 valence electrons. The normalized spacial score (nSPS) is 19.6. The molecule has 16 heteroatoms. The molecular weight excluding hydrogens is 554 g/mol. The molecule has 4 rings (SSSR count). The molecule has 10 nitrogen and oxygen atoms in total. The van der Waals surface area contributed by atoms with Gasteiger partial charge >= 0.3 is 24.3 Å². The van der Waals surface area contributed by atoms with E-state index >= 15 is 0 Å². The number of carboxylic acids is 2. The highest BCUT2D eigenvalue weighted by Crippen LogP contribution is 2.29. The van der Waals surface area contributed by atoms with Crippen LogP contribution >= 0.6 is 0 Å². The Hall–Kier alpha value is -3.59. The Bertz CT molecular complexity index is 1150. The Balaban J connectivity index is 0.000000333. The largest absolute Gasteiger partial charge is 0.490 e. The topological polar surface area (TPSA) is 144 Å². The quantitative estimate of drug-likeness (QED) is 0.432. The summed E-state index contributed by atoms with van der Waals surface area (Å²) in [4.78, 5) is 35.1. The number of nitrogens with zero attached hydrogens (tertiary/aromatic N) is 3. The van der Waals surface area contributed by atoms with Crippen molar-refractivity contribution in [3.63, 3.8) is 0 Å². The van der Waals surface area contributed by atoms with Crippen molar-refractivity contribution in [3.8, 4) is 5.88 Å². The number of pyridine rings is 1. The third kappa shape index (κ3) is 9.86. The Kier molecular flexibility index (Phi) is 11.1. The van der Waals surface area contributed by atoms with Gasteiger partial charge in [0.15, 0.2) is 11.3 Å². The maximum absolute atomic E-state index is 12.7. The van der Waals surface area contributed by atoms with Gasteiger partial charge < -0.3 is 20.3 Å². The number of fused-ring (bicyclic) bond motifs is 1. The number of carboxylic acid groups (broad SMARTS) is 2. The number of hydrogen-bond acceptors (Lipinski definition) is 6. The summed E-state index contributed by atoms with van der Waals surface area (Å²) in [5, 5.41) is 22.6. The average Bonchev–Trinajstić information content (AvgIpc) is 3.41. The maximum atomic E-state index is 12.7. The molecule has 3 N–H and O–H groups in total. The molecule has 2 atom stereocenters. The van der Waals surface area contributed by atoms with Gasteiger partial charge in [-0.3, -0.25) is 4.79 Å². The number of rotatable bonds is 4. The summed E-state index contributed by atoms with van der Waals surface area (Å²) in [7, 11) is 1.83. The zero-order valence-corrected chi connectivity index (χ0v) is 21.7. The molecule has 2 aromatic heterocycles. The van der Waals surface area contributed by atoms with Gasteiger partial charge in [0, 0.05) is 19.2 Å². The van der Waals surface area contributed by atoms with Crippen LogP contribution in [0, 0.1) is 5.92 Å². The van der Waals surface area contributed by atoms with E-state index in [4.69, 9.17) is 24.5 Å². The number of halogens is 6. The summed E-state index contributed by atoms with van der Waals surface area (Å²) in [6.45, 7) is 2.26. The van der Waals surface area contributed by atoms with Crippen LogP contribution in [0.15, 0.2) is 12.1 Å². The number of nitrogens with one attached hydrogen (secondary N) is 1. The molecule has 1 amide bonds. The van der Waals surface area contributed by atoms with Gasteiger partial charge in [0.2, 0.25) is 5.88 Å². The van der Waals surface area contributed by atoms with Crippen molar-refractivity contribution < 1.29 is 55.7 Å². The Morgan fingerprint density at radius 2 is 1.50 bits per heavy atom. The van der Waals surface area contributed by atoms with Crippen molar-refractivity contribution in [1.82, 2.24) is 20.1 Å².